The van der Waals surface area contributed by atoms with Crippen molar-refractivity contribution < 1.29 is 0 Å². The molecule has 3 heteroatoms. The van der Waals surface area contributed by atoms with Crippen molar-refractivity contribution in [3.8, 4) is 0 Å². The zero-order valence-corrected chi connectivity index (χ0v) is 8.51. The van der Waals surface area contributed by atoms with Gasteiger partial charge in [0.1, 0.15) is 0 Å². The number of likely N-dealkylation sites (N-methyl/N-ethyl adjacent to an activating group) is 1. The van der Waals surface area contributed by atoms with Gasteiger partial charge in [-0.25, -0.2) is 0 Å². The molecule has 0 radical (unpaired) electrons. The smallest absolute Gasteiger partial charge is 0.0406 e. The van der Waals surface area contributed by atoms with Crippen molar-refractivity contribution in [3.05, 3.63) is 34.9 Å². The first-order chi connectivity index (χ1) is 6.27. The molecule has 1 unspecified atom stereocenters. The van der Waals surface area contributed by atoms with E-state index in [0.717, 1.165) is 11.6 Å². The Kier molecular flexibility index (Phi) is 4.22. The van der Waals surface area contributed by atoms with Gasteiger partial charge in [0.15, 0.2) is 0 Å². The van der Waals surface area contributed by atoms with E-state index in [1.54, 1.807) is 0 Å². The molecule has 0 spiro atoms. The van der Waals surface area contributed by atoms with Crippen LogP contribution >= 0.6 is 11.6 Å². The minimum Gasteiger partial charge on any atom is -0.330 e. The molecule has 1 atom stereocenters. The number of rotatable bonds is 4. The first-order valence-corrected chi connectivity index (χ1v) is 4.76. The van der Waals surface area contributed by atoms with Gasteiger partial charge in [0.2, 0.25) is 0 Å². The Labute approximate surface area is 84.1 Å². The third-order valence-electron chi connectivity index (χ3n) is 2.08. The molecule has 0 saturated heterocycles. The number of nitrogens with one attached hydrogen (secondary N) is 1. The molecule has 0 fully saturated rings. The van der Waals surface area contributed by atoms with E-state index < -0.39 is 0 Å². The Balaban J connectivity index is 2.73. The fourth-order valence-electron chi connectivity index (χ4n) is 1.32. The number of benzene rings is 1. The summed E-state index contributed by atoms with van der Waals surface area (Å²) in [6, 6.07) is 7.85. The molecule has 13 heavy (non-hydrogen) atoms. The van der Waals surface area contributed by atoms with Crippen LogP contribution in [0.1, 0.15) is 11.5 Å². The number of halogens is 1. The molecular formula is C10H15ClN2. The van der Waals surface area contributed by atoms with Crippen LogP contribution in [0.4, 0.5) is 0 Å². The minimum atomic E-state index is 0.377. The highest BCUT2D eigenvalue weighted by Gasteiger charge is 2.07. The van der Waals surface area contributed by atoms with Crippen molar-refractivity contribution in [1.82, 2.24) is 5.32 Å². The van der Waals surface area contributed by atoms with Crippen molar-refractivity contribution in [3.63, 3.8) is 0 Å². The van der Waals surface area contributed by atoms with Gasteiger partial charge in [-0.2, -0.15) is 0 Å². The summed E-state index contributed by atoms with van der Waals surface area (Å²) in [6.07, 6.45) is 0. The van der Waals surface area contributed by atoms with E-state index in [4.69, 9.17) is 17.3 Å². The zero-order chi connectivity index (χ0) is 9.68. The predicted octanol–water partition coefficient (Wildman–Crippen LogP) is 1.60. The molecule has 0 bridgehead atoms. The number of hydrogen-bond acceptors (Lipinski definition) is 2. The first kappa shape index (κ1) is 10.5. The zero-order valence-electron chi connectivity index (χ0n) is 7.76. The molecule has 2 nitrogen and oxygen atoms in total. The standard InChI is InChI=1S/C10H15ClN2/c1-13-7-9(6-12)8-2-4-10(11)5-3-8/h2-5,9,13H,6-7,12H2,1H3. The second-order valence-electron chi connectivity index (χ2n) is 3.04. The van der Waals surface area contributed by atoms with Crippen LogP contribution in [-0.2, 0) is 0 Å². The van der Waals surface area contributed by atoms with Gasteiger partial charge in [-0.15, -0.1) is 0 Å². The molecule has 0 aliphatic rings. The van der Waals surface area contributed by atoms with E-state index in [0.29, 0.717) is 12.5 Å². The minimum absolute atomic E-state index is 0.377. The average molecular weight is 199 g/mol. The molecule has 0 aliphatic heterocycles. The molecule has 72 valence electrons. The van der Waals surface area contributed by atoms with Crippen molar-refractivity contribution in [2.45, 2.75) is 5.92 Å². The van der Waals surface area contributed by atoms with Crippen LogP contribution in [0.3, 0.4) is 0 Å². The highest BCUT2D eigenvalue weighted by molar-refractivity contribution is 6.30. The summed E-state index contributed by atoms with van der Waals surface area (Å²) < 4.78 is 0. The summed E-state index contributed by atoms with van der Waals surface area (Å²) in [4.78, 5) is 0. The first-order valence-electron chi connectivity index (χ1n) is 4.38. The van der Waals surface area contributed by atoms with E-state index in [1.807, 2.05) is 31.3 Å². The van der Waals surface area contributed by atoms with Crippen LogP contribution in [-0.4, -0.2) is 20.1 Å². The van der Waals surface area contributed by atoms with Crippen LogP contribution in [0.2, 0.25) is 5.02 Å². The summed E-state index contributed by atoms with van der Waals surface area (Å²) in [6.45, 7) is 1.56. The van der Waals surface area contributed by atoms with E-state index in [2.05, 4.69) is 5.32 Å². The topological polar surface area (TPSA) is 38.0 Å². The SMILES string of the molecule is CNCC(CN)c1ccc(Cl)cc1. The highest BCUT2D eigenvalue weighted by atomic mass is 35.5. The van der Waals surface area contributed by atoms with Crippen molar-refractivity contribution in [2.24, 2.45) is 5.73 Å². The fraction of sp³-hybridized carbons (Fsp3) is 0.400. The molecule has 0 saturated carbocycles. The Morgan fingerprint density at radius 2 is 2.00 bits per heavy atom. The van der Waals surface area contributed by atoms with Gasteiger partial charge in [-0.1, -0.05) is 23.7 Å². The van der Waals surface area contributed by atoms with Gasteiger partial charge >= 0.3 is 0 Å². The monoisotopic (exact) mass is 198 g/mol. The molecule has 1 aromatic carbocycles. The molecular weight excluding hydrogens is 184 g/mol. The van der Waals surface area contributed by atoms with E-state index in [-0.39, 0.29) is 0 Å². The third-order valence-corrected chi connectivity index (χ3v) is 2.33. The lowest BCUT2D eigenvalue weighted by molar-refractivity contribution is 0.637. The largest absolute Gasteiger partial charge is 0.330 e. The molecule has 1 aromatic rings. The number of nitrogens with two attached hydrogens (primary N) is 1. The normalized spacial score (nSPS) is 12.8. The van der Waals surface area contributed by atoms with Crippen molar-refractivity contribution in [1.29, 1.82) is 0 Å². The molecule has 0 amide bonds. The Morgan fingerprint density at radius 1 is 1.38 bits per heavy atom. The predicted molar refractivity (Wildman–Crippen MR) is 57.2 cm³/mol. The molecule has 3 N–H and O–H groups in total. The quantitative estimate of drug-likeness (QED) is 0.772. The van der Waals surface area contributed by atoms with E-state index in [9.17, 15) is 0 Å². The van der Waals surface area contributed by atoms with Crippen LogP contribution in [0, 0.1) is 0 Å². The maximum absolute atomic E-state index is 5.79. The fourth-order valence-corrected chi connectivity index (χ4v) is 1.44. The third kappa shape index (κ3) is 2.99. The maximum Gasteiger partial charge on any atom is 0.0406 e. The summed E-state index contributed by atoms with van der Waals surface area (Å²) >= 11 is 5.79. The Morgan fingerprint density at radius 3 is 2.46 bits per heavy atom. The molecule has 0 aromatic heterocycles. The highest BCUT2D eigenvalue weighted by Crippen LogP contribution is 2.16. The molecule has 0 aliphatic carbocycles. The second-order valence-corrected chi connectivity index (χ2v) is 3.48. The summed E-state index contributed by atoms with van der Waals surface area (Å²) in [7, 11) is 1.93. The van der Waals surface area contributed by atoms with Crippen LogP contribution in [0.25, 0.3) is 0 Å². The summed E-state index contributed by atoms with van der Waals surface area (Å²) in [5, 5.41) is 3.89. The van der Waals surface area contributed by atoms with Gasteiger partial charge < -0.3 is 11.1 Å². The van der Waals surface area contributed by atoms with Gasteiger partial charge in [0.05, 0.1) is 0 Å². The lowest BCUT2D eigenvalue weighted by Crippen LogP contribution is -2.23. The van der Waals surface area contributed by atoms with Gasteiger partial charge in [-0.3, -0.25) is 0 Å². The lowest BCUT2D eigenvalue weighted by atomic mass is 9.99. The van der Waals surface area contributed by atoms with Crippen molar-refractivity contribution in [2.75, 3.05) is 20.1 Å². The lowest BCUT2D eigenvalue weighted by Gasteiger charge is -2.14. The van der Waals surface area contributed by atoms with Crippen LogP contribution < -0.4 is 11.1 Å². The Bertz CT molecular complexity index is 246. The van der Waals surface area contributed by atoms with Gasteiger partial charge in [0.25, 0.3) is 0 Å². The summed E-state index contributed by atoms with van der Waals surface area (Å²) in [5.74, 6) is 0.377. The van der Waals surface area contributed by atoms with Crippen LogP contribution in [0.15, 0.2) is 24.3 Å². The van der Waals surface area contributed by atoms with Crippen molar-refractivity contribution >= 4 is 11.6 Å². The number of hydrogen-bond donors (Lipinski definition) is 2. The second kappa shape index (κ2) is 5.22. The van der Waals surface area contributed by atoms with E-state index in [1.165, 1.54) is 5.56 Å². The molecule has 1 rings (SSSR count). The maximum atomic E-state index is 5.79. The average Bonchev–Trinajstić information content (AvgIpc) is 2.16. The van der Waals surface area contributed by atoms with E-state index >= 15 is 0 Å². The van der Waals surface area contributed by atoms with Gasteiger partial charge in [0, 0.05) is 24.0 Å². The Hall–Kier alpha value is -0.570. The van der Waals surface area contributed by atoms with Crippen LogP contribution in [0.5, 0.6) is 0 Å². The summed E-state index contributed by atoms with van der Waals surface area (Å²) in [5.41, 5.74) is 6.89. The molecule has 0 heterocycles. The van der Waals surface area contributed by atoms with Gasteiger partial charge in [-0.05, 0) is 24.7 Å².